The first kappa shape index (κ1) is 14.5. The van der Waals surface area contributed by atoms with Gasteiger partial charge in [-0.3, -0.25) is 4.79 Å². The SMILES string of the molecule is [C-]#[N+]c1ccc2c(n1)c(N1C[C@@H](C)NC[C@@H]1C)cc(=O)n2C. The predicted molar refractivity (Wildman–Crippen MR) is 87.5 cm³/mol. The van der Waals surface area contributed by atoms with Crippen LogP contribution in [0.25, 0.3) is 15.9 Å². The number of rotatable bonds is 1. The number of piperazine rings is 1. The molecule has 3 rings (SSSR count). The Morgan fingerprint density at radius 1 is 1.41 bits per heavy atom. The lowest BCUT2D eigenvalue weighted by atomic mass is 10.1. The van der Waals surface area contributed by atoms with Gasteiger partial charge >= 0.3 is 0 Å². The topological polar surface area (TPSA) is 54.5 Å². The van der Waals surface area contributed by atoms with Crippen molar-refractivity contribution in [3.8, 4) is 0 Å². The molecule has 22 heavy (non-hydrogen) atoms. The van der Waals surface area contributed by atoms with E-state index in [1.165, 1.54) is 0 Å². The molecule has 6 heteroatoms. The maximum absolute atomic E-state index is 12.3. The standard InChI is InChI=1S/C16H19N5O/c1-10-9-21(11(2)8-18-10)13-7-15(22)20(4)12-5-6-14(17-3)19-16(12)13/h5-7,10-11,18H,8-9H2,1-2,4H3/t10-,11+/m1/s1. The van der Waals surface area contributed by atoms with Crippen LogP contribution in [-0.4, -0.2) is 34.7 Å². The van der Waals surface area contributed by atoms with E-state index < -0.39 is 0 Å². The third-order valence-electron chi connectivity index (χ3n) is 4.24. The largest absolute Gasteiger partial charge is 0.362 e. The van der Waals surface area contributed by atoms with E-state index in [1.807, 2.05) is 0 Å². The number of anilines is 1. The highest BCUT2D eigenvalue weighted by molar-refractivity contribution is 5.89. The van der Waals surface area contributed by atoms with Crippen LogP contribution in [0.5, 0.6) is 0 Å². The molecule has 2 aromatic rings. The monoisotopic (exact) mass is 297 g/mol. The molecule has 2 atom stereocenters. The van der Waals surface area contributed by atoms with E-state index in [1.54, 1.807) is 29.8 Å². The number of aryl methyl sites for hydroxylation is 1. The molecule has 1 aliphatic heterocycles. The van der Waals surface area contributed by atoms with Gasteiger partial charge in [0, 0.05) is 38.3 Å². The van der Waals surface area contributed by atoms with Crippen molar-refractivity contribution < 1.29 is 0 Å². The lowest BCUT2D eigenvalue weighted by Crippen LogP contribution is -2.54. The molecule has 0 amide bonds. The van der Waals surface area contributed by atoms with Gasteiger partial charge in [0.05, 0.1) is 11.2 Å². The summed E-state index contributed by atoms with van der Waals surface area (Å²) in [7, 11) is 1.73. The van der Waals surface area contributed by atoms with E-state index in [4.69, 9.17) is 6.57 Å². The number of fused-ring (bicyclic) bond motifs is 1. The van der Waals surface area contributed by atoms with Crippen LogP contribution < -0.4 is 15.8 Å². The smallest absolute Gasteiger partial charge is 0.270 e. The van der Waals surface area contributed by atoms with Crippen molar-refractivity contribution in [2.24, 2.45) is 7.05 Å². The second-order valence-corrected chi connectivity index (χ2v) is 5.89. The van der Waals surface area contributed by atoms with Crippen molar-refractivity contribution >= 4 is 22.5 Å². The van der Waals surface area contributed by atoms with Crippen LogP contribution in [0.3, 0.4) is 0 Å². The van der Waals surface area contributed by atoms with Crippen molar-refractivity contribution in [3.05, 3.63) is 40.0 Å². The summed E-state index contributed by atoms with van der Waals surface area (Å²) in [6.45, 7) is 13.1. The average molecular weight is 297 g/mol. The van der Waals surface area contributed by atoms with Gasteiger partial charge in [0.2, 0.25) is 5.52 Å². The lowest BCUT2D eigenvalue weighted by Gasteiger charge is -2.39. The molecule has 3 heterocycles. The molecule has 114 valence electrons. The second kappa shape index (κ2) is 5.43. The van der Waals surface area contributed by atoms with Crippen LogP contribution in [0, 0.1) is 6.57 Å². The Kier molecular flexibility index (Phi) is 3.59. The fraction of sp³-hybridized carbons (Fsp3) is 0.438. The zero-order valence-electron chi connectivity index (χ0n) is 13.0. The van der Waals surface area contributed by atoms with E-state index in [0.717, 1.165) is 29.8 Å². The Balaban J connectivity index is 2.26. The highest BCUT2D eigenvalue weighted by Crippen LogP contribution is 2.28. The first-order valence-corrected chi connectivity index (χ1v) is 7.39. The Bertz CT molecular complexity index is 820. The number of hydrogen-bond acceptors (Lipinski definition) is 4. The number of pyridine rings is 2. The van der Waals surface area contributed by atoms with Gasteiger partial charge in [0.15, 0.2) is 0 Å². The minimum absolute atomic E-state index is 0.0572. The van der Waals surface area contributed by atoms with Gasteiger partial charge in [-0.05, 0) is 26.0 Å². The molecule has 2 aromatic heterocycles. The highest BCUT2D eigenvalue weighted by Gasteiger charge is 2.26. The van der Waals surface area contributed by atoms with Crippen LogP contribution in [-0.2, 0) is 7.05 Å². The molecule has 0 aliphatic carbocycles. The zero-order valence-corrected chi connectivity index (χ0v) is 13.0. The summed E-state index contributed by atoms with van der Waals surface area (Å²) in [6.07, 6.45) is 0. The van der Waals surface area contributed by atoms with Crippen molar-refractivity contribution in [1.29, 1.82) is 0 Å². The fourth-order valence-electron chi connectivity index (χ4n) is 2.94. The Morgan fingerprint density at radius 3 is 2.91 bits per heavy atom. The lowest BCUT2D eigenvalue weighted by molar-refractivity contribution is 0.425. The number of hydrogen-bond donors (Lipinski definition) is 1. The third-order valence-corrected chi connectivity index (χ3v) is 4.24. The molecule has 0 unspecified atom stereocenters. The summed E-state index contributed by atoms with van der Waals surface area (Å²) in [5.41, 5.74) is 2.24. The summed E-state index contributed by atoms with van der Waals surface area (Å²) < 4.78 is 1.58. The minimum atomic E-state index is -0.0572. The molecule has 1 aliphatic rings. The van der Waals surface area contributed by atoms with E-state index in [2.05, 4.69) is 33.9 Å². The molecule has 1 fully saturated rings. The molecule has 6 nitrogen and oxygen atoms in total. The van der Waals surface area contributed by atoms with Crippen LogP contribution >= 0.6 is 0 Å². The molecule has 0 bridgehead atoms. The summed E-state index contributed by atoms with van der Waals surface area (Å²) in [5, 5.41) is 3.43. The van der Waals surface area contributed by atoms with Crippen molar-refractivity contribution in [2.75, 3.05) is 18.0 Å². The normalized spacial score (nSPS) is 21.8. The molecule has 1 N–H and O–H groups in total. The molecule has 1 saturated heterocycles. The summed E-state index contributed by atoms with van der Waals surface area (Å²) in [4.78, 5) is 22.4. The van der Waals surface area contributed by atoms with Crippen LogP contribution in [0.1, 0.15) is 13.8 Å². The van der Waals surface area contributed by atoms with Crippen molar-refractivity contribution in [2.45, 2.75) is 25.9 Å². The van der Waals surface area contributed by atoms with Crippen LogP contribution in [0.4, 0.5) is 11.5 Å². The van der Waals surface area contributed by atoms with Gasteiger partial charge < -0.3 is 19.6 Å². The molecular weight excluding hydrogens is 278 g/mol. The predicted octanol–water partition coefficient (Wildman–Crippen LogP) is 1.67. The Morgan fingerprint density at radius 2 is 2.18 bits per heavy atom. The van der Waals surface area contributed by atoms with Gasteiger partial charge in [0.1, 0.15) is 0 Å². The summed E-state index contributed by atoms with van der Waals surface area (Å²) in [5.74, 6) is 0.350. The first-order chi connectivity index (χ1) is 10.5. The van der Waals surface area contributed by atoms with Gasteiger partial charge in [-0.1, -0.05) is 6.57 Å². The van der Waals surface area contributed by atoms with E-state index in [-0.39, 0.29) is 11.6 Å². The number of nitrogens with one attached hydrogen (secondary N) is 1. The molecular formula is C16H19N5O. The minimum Gasteiger partial charge on any atom is -0.362 e. The van der Waals surface area contributed by atoms with E-state index in [0.29, 0.717) is 11.9 Å². The summed E-state index contributed by atoms with van der Waals surface area (Å²) >= 11 is 0. The van der Waals surface area contributed by atoms with Gasteiger partial charge in [-0.25, -0.2) is 0 Å². The maximum atomic E-state index is 12.3. The Hall–Kier alpha value is -2.39. The van der Waals surface area contributed by atoms with Crippen molar-refractivity contribution in [3.63, 3.8) is 0 Å². The second-order valence-electron chi connectivity index (χ2n) is 5.89. The zero-order chi connectivity index (χ0) is 15.9. The molecule has 0 saturated carbocycles. The fourth-order valence-corrected chi connectivity index (χ4v) is 2.94. The van der Waals surface area contributed by atoms with Crippen LogP contribution in [0.15, 0.2) is 23.0 Å². The number of aromatic nitrogens is 2. The molecule has 0 aromatic carbocycles. The first-order valence-electron chi connectivity index (χ1n) is 7.39. The van der Waals surface area contributed by atoms with Crippen LogP contribution in [0.2, 0.25) is 0 Å². The molecule has 0 spiro atoms. The third kappa shape index (κ3) is 2.34. The molecule has 0 radical (unpaired) electrons. The maximum Gasteiger partial charge on any atom is 0.270 e. The van der Waals surface area contributed by atoms with Gasteiger partial charge in [0.25, 0.3) is 11.4 Å². The van der Waals surface area contributed by atoms with Gasteiger partial charge in [-0.15, -0.1) is 4.98 Å². The quantitative estimate of drug-likeness (QED) is 0.814. The van der Waals surface area contributed by atoms with Crippen molar-refractivity contribution in [1.82, 2.24) is 14.9 Å². The van der Waals surface area contributed by atoms with Gasteiger partial charge in [-0.2, -0.15) is 0 Å². The van der Waals surface area contributed by atoms with E-state index in [9.17, 15) is 4.79 Å². The highest BCUT2D eigenvalue weighted by atomic mass is 16.1. The summed E-state index contributed by atoms with van der Waals surface area (Å²) in [6, 6.07) is 5.71. The number of nitrogens with zero attached hydrogens (tertiary/aromatic N) is 4. The average Bonchev–Trinajstić information content (AvgIpc) is 2.53. The Labute approximate surface area is 129 Å². The van der Waals surface area contributed by atoms with E-state index >= 15 is 0 Å².